The molecule has 1 heterocycles. The van der Waals surface area contributed by atoms with Crippen molar-refractivity contribution in [1.29, 1.82) is 0 Å². The van der Waals surface area contributed by atoms with Crippen molar-refractivity contribution < 1.29 is 4.79 Å². The van der Waals surface area contributed by atoms with Crippen LogP contribution < -0.4 is 0 Å². The topological polar surface area (TPSA) is 42.9 Å². The van der Waals surface area contributed by atoms with Crippen LogP contribution in [0.5, 0.6) is 0 Å². The molecule has 0 saturated heterocycles. The van der Waals surface area contributed by atoms with E-state index in [2.05, 4.69) is 9.97 Å². The fraction of sp³-hybridized carbons (Fsp3) is 0.667. The van der Waals surface area contributed by atoms with Gasteiger partial charge in [-0.15, -0.1) is 0 Å². The van der Waals surface area contributed by atoms with Crippen LogP contribution >= 0.6 is 0 Å². The van der Waals surface area contributed by atoms with Crippen molar-refractivity contribution in [1.82, 2.24) is 9.97 Å². The standard InChI is InChI=1S/C15H18N2O/c18-15(13-6-16-8-17-7-13)14-11-2-9-1-10(4-11)5-12(14)3-9/h6-12,14H,1-5H2. The number of hydrogen-bond acceptors (Lipinski definition) is 3. The van der Waals surface area contributed by atoms with Crippen molar-refractivity contribution in [3.05, 3.63) is 24.3 Å². The lowest BCUT2D eigenvalue weighted by Crippen LogP contribution is -2.48. The van der Waals surface area contributed by atoms with E-state index in [-0.39, 0.29) is 5.92 Å². The summed E-state index contributed by atoms with van der Waals surface area (Å²) in [6, 6.07) is 0. The van der Waals surface area contributed by atoms with Crippen LogP contribution in [-0.4, -0.2) is 15.8 Å². The van der Waals surface area contributed by atoms with Crippen molar-refractivity contribution in [2.24, 2.45) is 29.6 Å². The summed E-state index contributed by atoms with van der Waals surface area (Å²) >= 11 is 0. The predicted molar refractivity (Wildman–Crippen MR) is 66.9 cm³/mol. The maximum atomic E-state index is 12.7. The van der Waals surface area contributed by atoms with Gasteiger partial charge < -0.3 is 0 Å². The van der Waals surface area contributed by atoms with E-state index in [4.69, 9.17) is 0 Å². The Morgan fingerprint density at radius 3 is 2.06 bits per heavy atom. The van der Waals surface area contributed by atoms with Gasteiger partial charge in [0.05, 0.1) is 5.56 Å². The summed E-state index contributed by atoms with van der Waals surface area (Å²) in [4.78, 5) is 20.6. The highest BCUT2D eigenvalue weighted by Gasteiger charge is 2.50. The van der Waals surface area contributed by atoms with Gasteiger partial charge in [-0.05, 0) is 55.8 Å². The molecule has 0 amide bonds. The SMILES string of the molecule is O=C(c1cncnc1)C1C2CC3CC(C2)CC1C3. The molecule has 0 radical (unpaired) electrons. The van der Waals surface area contributed by atoms with Gasteiger partial charge in [0.15, 0.2) is 5.78 Å². The lowest BCUT2D eigenvalue weighted by molar-refractivity contribution is -0.0251. The Bertz CT molecular complexity index is 443. The van der Waals surface area contributed by atoms with Crippen LogP contribution in [-0.2, 0) is 0 Å². The second kappa shape index (κ2) is 3.87. The van der Waals surface area contributed by atoms with Crippen LogP contribution in [0.25, 0.3) is 0 Å². The molecule has 4 fully saturated rings. The first-order valence-corrected chi connectivity index (χ1v) is 7.10. The predicted octanol–water partition coefficient (Wildman–Crippen LogP) is 2.73. The van der Waals surface area contributed by atoms with Gasteiger partial charge in [-0.1, -0.05) is 0 Å². The van der Waals surface area contributed by atoms with Crippen molar-refractivity contribution in [2.45, 2.75) is 32.1 Å². The summed E-state index contributed by atoms with van der Waals surface area (Å²) in [5.41, 5.74) is 0.718. The molecular weight excluding hydrogens is 224 g/mol. The summed E-state index contributed by atoms with van der Waals surface area (Å²) in [6.07, 6.45) is 11.4. The molecule has 94 valence electrons. The van der Waals surface area contributed by atoms with Crippen molar-refractivity contribution >= 4 is 5.78 Å². The van der Waals surface area contributed by atoms with Gasteiger partial charge >= 0.3 is 0 Å². The third-order valence-electron chi connectivity index (χ3n) is 5.37. The first kappa shape index (κ1) is 10.7. The number of hydrogen-bond donors (Lipinski definition) is 0. The van der Waals surface area contributed by atoms with Crippen molar-refractivity contribution in [3.63, 3.8) is 0 Å². The van der Waals surface area contributed by atoms with Gasteiger partial charge in [0, 0.05) is 18.3 Å². The molecule has 0 spiro atoms. The lowest BCUT2D eigenvalue weighted by Gasteiger charge is -2.53. The maximum absolute atomic E-state index is 12.7. The Hall–Kier alpha value is -1.25. The van der Waals surface area contributed by atoms with Crippen molar-refractivity contribution in [2.75, 3.05) is 0 Å². The number of ketones is 1. The van der Waals surface area contributed by atoms with Gasteiger partial charge in [0.1, 0.15) is 6.33 Å². The Labute approximate surface area is 107 Å². The van der Waals surface area contributed by atoms with Gasteiger partial charge in [0.25, 0.3) is 0 Å². The zero-order valence-electron chi connectivity index (χ0n) is 10.5. The van der Waals surface area contributed by atoms with Crippen LogP contribution in [0.3, 0.4) is 0 Å². The zero-order chi connectivity index (χ0) is 12.1. The Balaban J connectivity index is 1.64. The molecule has 0 atom stereocenters. The lowest BCUT2D eigenvalue weighted by atomic mass is 9.51. The Morgan fingerprint density at radius 2 is 1.50 bits per heavy atom. The molecule has 0 unspecified atom stereocenters. The average Bonchev–Trinajstić information content (AvgIpc) is 2.38. The molecule has 4 aliphatic rings. The molecule has 0 aliphatic heterocycles. The molecule has 18 heavy (non-hydrogen) atoms. The molecule has 3 nitrogen and oxygen atoms in total. The fourth-order valence-corrected chi connectivity index (χ4v) is 4.97. The molecule has 5 rings (SSSR count). The quantitative estimate of drug-likeness (QED) is 0.749. The molecule has 3 heteroatoms. The van der Waals surface area contributed by atoms with E-state index in [0.717, 1.165) is 17.4 Å². The average molecular weight is 242 g/mol. The second-order valence-electron chi connectivity index (χ2n) is 6.45. The number of rotatable bonds is 2. The summed E-state index contributed by atoms with van der Waals surface area (Å²) in [5, 5.41) is 0. The van der Waals surface area contributed by atoms with E-state index >= 15 is 0 Å². The molecule has 4 saturated carbocycles. The minimum absolute atomic E-state index is 0.267. The molecule has 4 aliphatic carbocycles. The van der Waals surface area contributed by atoms with Crippen LogP contribution in [0.15, 0.2) is 18.7 Å². The monoisotopic (exact) mass is 242 g/mol. The summed E-state index contributed by atoms with van der Waals surface area (Å²) in [6.45, 7) is 0. The van der Waals surface area contributed by atoms with E-state index < -0.39 is 0 Å². The van der Waals surface area contributed by atoms with Gasteiger partial charge in [0.2, 0.25) is 0 Å². The summed E-state index contributed by atoms with van der Waals surface area (Å²) in [5.74, 6) is 3.71. The van der Waals surface area contributed by atoms with Crippen LogP contribution in [0.4, 0.5) is 0 Å². The molecule has 4 bridgehead atoms. The van der Waals surface area contributed by atoms with Gasteiger partial charge in [-0.3, -0.25) is 4.79 Å². The third-order valence-corrected chi connectivity index (χ3v) is 5.37. The van der Waals surface area contributed by atoms with Gasteiger partial charge in [-0.2, -0.15) is 0 Å². The van der Waals surface area contributed by atoms with E-state index in [0.29, 0.717) is 17.6 Å². The number of nitrogens with zero attached hydrogens (tertiary/aromatic N) is 2. The highest BCUT2D eigenvalue weighted by molar-refractivity contribution is 5.97. The molecule has 0 aromatic carbocycles. The van der Waals surface area contributed by atoms with E-state index in [1.54, 1.807) is 12.4 Å². The van der Waals surface area contributed by atoms with E-state index in [1.807, 2.05) is 0 Å². The first-order valence-electron chi connectivity index (χ1n) is 7.10. The van der Waals surface area contributed by atoms with Crippen molar-refractivity contribution in [3.8, 4) is 0 Å². The Kier molecular flexibility index (Phi) is 2.29. The minimum Gasteiger partial charge on any atom is -0.294 e. The first-order chi connectivity index (χ1) is 8.81. The third kappa shape index (κ3) is 1.53. The molecule has 1 aromatic rings. The normalized spacial score (nSPS) is 41.0. The highest BCUT2D eigenvalue weighted by atomic mass is 16.1. The smallest absolute Gasteiger partial charge is 0.169 e. The van der Waals surface area contributed by atoms with Crippen LogP contribution in [0.1, 0.15) is 42.5 Å². The number of Topliss-reactive ketones (excluding diaryl/α,β-unsaturated/α-hetero) is 1. The van der Waals surface area contributed by atoms with Gasteiger partial charge in [-0.25, -0.2) is 9.97 Å². The fourth-order valence-electron chi connectivity index (χ4n) is 4.97. The zero-order valence-corrected chi connectivity index (χ0v) is 10.5. The molecule has 0 N–H and O–H groups in total. The maximum Gasteiger partial charge on any atom is 0.169 e. The summed E-state index contributed by atoms with van der Waals surface area (Å²) < 4.78 is 0. The molecular formula is C15H18N2O. The largest absolute Gasteiger partial charge is 0.294 e. The minimum atomic E-state index is 0.267. The number of carbonyl (C=O) groups is 1. The van der Waals surface area contributed by atoms with E-state index in [9.17, 15) is 4.79 Å². The highest BCUT2D eigenvalue weighted by Crippen LogP contribution is 2.57. The summed E-state index contributed by atoms with van der Waals surface area (Å²) in [7, 11) is 0. The molecule has 1 aromatic heterocycles. The van der Waals surface area contributed by atoms with Crippen LogP contribution in [0.2, 0.25) is 0 Å². The number of aromatic nitrogens is 2. The van der Waals surface area contributed by atoms with Crippen LogP contribution in [0, 0.1) is 29.6 Å². The van der Waals surface area contributed by atoms with E-state index in [1.165, 1.54) is 38.4 Å². The second-order valence-corrected chi connectivity index (χ2v) is 6.45. The number of carbonyl (C=O) groups excluding carboxylic acids is 1. The Morgan fingerprint density at radius 1 is 0.944 bits per heavy atom.